The molecule has 14 heavy (non-hydrogen) atoms. The van der Waals surface area contributed by atoms with Crippen molar-refractivity contribution in [1.82, 2.24) is 0 Å². The predicted molar refractivity (Wildman–Crippen MR) is 59.0 cm³/mol. The molecule has 2 rings (SSSR count). The first kappa shape index (κ1) is 8.88. The minimum Gasteiger partial charge on any atom is -0.399 e. The first-order valence-corrected chi connectivity index (χ1v) is 4.61. The molecule has 4 N–H and O–H groups in total. The SMILES string of the molecule is C=C1C=CC(N)=C2C(N)=CCC(=C)C12. The summed E-state index contributed by atoms with van der Waals surface area (Å²) in [6, 6.07) is 0. The third-order valence-electron chi connectivity index (χ3n) is 2.75. The lowest BCUT2D eigenvalue weighted by atomic mass is 9.76. The van der Waals surface area contributed by atoms with Gasteiger partial charge >= 0.3 is 0 Å². The zero-order chi connectivity index (χ0) is 10.3. The smallest absolute Gasteiger partial charge is 0.0376 e. The Hall–Kier alpha value is -1.70. The van der Waals surface area contributed by atoms with Crippen molar-refractivity contribution in [2.45, 2.75) is 6.42 Å². The average Bonchev–Trinajstić information content (AvgIpc) is 2.16. The summed E-state index contributed by atoms with van der Waals surface area (Å²) >= 11 is 0. The lowest BCUT2D eigenvalue weighted by Gasteiger charge is -2.30. The number of hydrogen-bond donors (Lipinski definition) is 2. The fourth-order valence-corrected chi connectivity index (χ4v) is 2.00. The number of allylic oxidation sites excluding steroid dienone is 6. The first-order chi connectivity index (χ1) is 6.61. The number of fused-ring (bicyclic) bond motifs is 1. The van der Waals surface area contributed by atoms with Crippen LogP contribution in [0.5, 0.6) is 0 Å². The van der Waals surface area contributed by atoms with Gasteiger partial charge in [-0.3, -0.25) is 0 Å². The van der Waals surface area contributed by atoms with Gasteiger partial charge in [0.25, 0.3) is 0 Å². The summed E-state index contributed by atoms with van der Waals surface area (Å²) in [5.74, 6) is 0.130. The summed E-state index contributed by atoms with van der Waals surface area (Å²) in [7, 11) is 0. The highest BCUT2D eigenvalue weighted by molar-refractivity contribution is 5.55. The quantitative estimate of drug-likeness (QED) is 0.566. The van der Waals surface area contributed by atoms with E-state index in [1.54, 1.807) is 0 Å². The van der Waals surface area contributed by atoms with E-state index in [0.717, 1.165) is 34.5 Å². The molecule has 0 aromatic heterocycles. The third-order valence-corrected chi connectivity index (χ3v) is 2.75. The van der Waals surface area contributed by atoms with Crippen LogP contribution in [0.2, 0.25) is 0 Å². The molecule has 0 aromatic rings. The molecule has 2 aliphatic carbocycles. The molecule has 0 aliphatic heterocycles. The Balaban J connectivity index is 2.60. The minimum atomic E-state index is 0.130. The third kappa shape index (κ3) is 1.11. The van der Waals surface area contributed by atoms with Gasteiger partial charge in [-0.1, -0.05) is 30.9 Å². The summed E-state index contributed by atoms with van der Waals surface area (Å²) in [6.07, 6.45) is 6.58. The molecule has 2 heteroatoms. The molecule has 0 saturated heterocycles. The highest BCUT2D eigenvalue weighted by Gasteiger charge is 2.28. The van der Waals surface area contributed by atoms with Crippen LogP contribution in [0.4, 0.5) is 0 Å². The Bertz CT molecular complexity index is 408. The van der Waals surface area contributed by atoms with Crippen LogP contribution in [0.25, 0.3) is 0 Å². The molecular formula is C12H14N2. The summed E-state index contributed by atoms with van der Waals surface area (Å²) in [5, 5.41) is 0. The van der Waals surface area contributed by atoms with Gasteiger partial charge in [-0.05, 0) is 18.1 Å². The second-order valence-electron chi connectivity index (χ2n) is 3.73. The van der Waals surface area contributed by atoms with Gasteiger partial charge < -0.3 is 11.5 Å². The van der Waals surface area contributed by atoms with Gasteiger partial charge in [0.1, 0.15) is 0 Å². The molecule has 0 bridgehead atoms. The van der Waals surface area contributed by atoms with E-state index in [2.05, 4.69) is 13.2 Å². The molecule has 0 radical (unpaired) electrons. The van der Waals surface area contributed by atoms with E-state index in [1.807, 2.05) is 18.2 Å². The van der Waals surface area contributed by atoms with Gasteiger partial charge in [0.05, 0.1) is 0 Å². The molecular weight excluding hydrogens is 172 g/mol. The van der Waals surface area contributed by atoms with Crippen LogP contribution < -0.4 is 11.5 Å². The minimum absolute atomic E-state index is 0.130. The highest BCUT2D eigenvalue weighted by Crippen LogP contribution is 2.39. The fourth-order valence-electron chi connectivity index (χ4n) is 2.00. The second kappa shape index (κ2) is 2.91. The fraction of sp³-hybridized carbons (Fsp3) is 0.167. The van der Waals surface area contributed by atoms with Gasteiger partial charge in [0, 0.05) is 22.9 Å². The maximum Gasteiger partial charge on any atom is 0.0376 e. The Kier molecular flexibility index (Phi) is 1.84. The molecule has 72 valence electrons. The van der Waals surface area contributed by atoms with Crippen molar-refractivity contribution in [3.63, 3.8) is 0 Å². The lowest BCUT2D eigenvalue weighted by Crippen LogP contribution is -2.24. The van der Waals surface area contributed by atoms with E-state index in [1.165, 1.54) is 0 Å². The normalized spacial score (nSPS) is 26.3. The van der Waals surface area contributed by atoms with Gasteiger partial charge in [-0.15, -0.1) is 0 Å². The van der Waals surface area contributed by atoms with E-state index in [0.29, 0.717) is 0 Å². The van der Waals surface area contributed by atoms with Crippen LogP contribution in [0.15, 0.2) is 59.5 Å². The molecule has 0 amide bonds. The number of hydrogen-bond acceptors (Lipinski definition) is 2. The molecule has 2 nitrogen and oxygen atoms in total. The summed E-state index contributed by atoms with van der Waals surface area (Å²) in [5.41, 5.74) is 16.4. The van der Waals surface area contributed by atoms with Crippen LogP contribution in [-0.4, -0.2) is 0 Å². The monoisotopic (exact) mass is 186 g/mol. The Morgan fingerprint density at radius 1 is 1.21 bits per heavy atom. The zero-order valence-corrected chi connectivity index (χ0v) is 8.09. The maximum absolute atomic E-state index is 5.91. The lowest BCUT2D eigenvalue weighted by molar-refractivity contribution is 0.786. The average molecular weight is 186 g/mol. The van der Waals surface area contributed by atoms with Gasteiger partial charge in [0.2, 0.25) is 0 Å². The van der Waals surface area contributed by atoms with E-state index < -0.39 is 0 Å². The van der Waals surface area contributed by atoms with E-state index in [-0.39, 0.29) is 5.92 Å². The molecule has 0 saturated carbocycles. The van der Waals surface area contributed by atoms with Crippen molar-refractivity contribution in [3.05, 3.63) is 59.5 Å². The summed E-state index contributed by atoms with van der Waals surface area (Å²) in [4.78, 5) is 0. The van der Waals surface area contributed by atoms with Crippen molar-refractivity contribution in [2.24, 2.45) is 17.4 Å². The van der Waals surface area contributed by atoms with Gasteiger partial charge in [-0.2, -0.15) is 0 Å². The molecule has 0 fully saturated rings. The Labute approximate surface area is 84.0 Å². The van der Waals surface area contributed by atoms with Crippen LogP contribution in [0.1, 0.15) is 6.42 Å². The largest absolute Gasteiger partial charge is 0.399 e. The van der Waals surface area contributed by atoms with Gasteiger partial charge in [0.15, 0.2) is 0 Å². The number of rotatable bonds is 0. The van der Waals surface area contributed by atoms with Crippen LogP contribution >= 0.6 is 0 Å². The molecule has 0 heterocycles. The molecule has 2 aliphatic rings. The number of nitrogens with two attached hydrogens (primary N) is 2. The highest BCUT2D eigenvalue weighted by atomic mass is 14.7. The predicted octanol–water partition coefficient (Wildman–Crippen LogP) is 1.74. The zero-order valence-electron chi connectivity index (χ0n) is 8.09. The Morgan fingerprint density at radius 3 is 2.57 bits per heavy atom. The summed E-state index contributed by atoms with van der Waals surface area (Å²) in [6.45, 7) is 8.03. The van der Waals surface area contributed by atoms with Crippen molar-refractivity contribution < 1.29 is 0 Å². The van der Waals surface area contributed by atoms with Gasteiger partial charge in [-0.25, -0.2) is 0 Å². The second-order valence-corrected chi connectivity index (χ2v) is 3.73. The van der Waals surface area contributed by atoms with Crippen molar-refractivity contribution in [3.8, 4) is 0 Å². The Morgan fingerprint density at radius 2 is 1.93 bits per heavy atom. The van der Waals surface area contributed by atoms with Crippen LogP contribution in [0, 0.1) is 5.92 Å². The topological polar surface area (TPSA) is 52.0 Å². The van der Waals surface area contributed by atoms with Crippen molar-refractivity contribution in [2.75, 3.05) is 0 Å². The van der Waals surface area contributed by atoms with Crippen LogP contribution in [0.3, 0.4) is 0 Å². The van der Waals surface area contributed by atoms with E-state index in [4.69, 9.17) is 11.5 Å². The van der Waals surface area contributed by atoms with E-state index in [9.17, 15) is 0 Å². The molecule has 1 atom stereocenters. The summed E-state index contributed by atoms with van der Waals surface area (Å²) < 4.78 is 0. The van der Waals surface area contributed by atoms with Crippen LogP contribution in [-0.2, 0) is 0 Å². The standard InChI is InChI=1S/C12H14N2/c1-7-3-5-9(13)12-10(14)6-4-8(2)11(7)12/h3,5-6,11H,1-2,4,13-14H2. The molecule has 1 unspecified atom stereocenters. The van der Waals surface area contributed by atoms with Crippen molar-refractivity contribution in [1.29, 1.82) is 0 Å². The van der Waals surface area contributed by atoms with Crippen molar-refractivity contribution >= 4 is 0 Å². The first-order valence-electron chi connectivity index (χ1n) is 4.61. The van der Waals surface area contributed by atoms with E-state index >= 15 is 0 Å². The maximum atomic E-state index is 5.91. The molecule has 0 spiro atoms. The molecule has 0 aromatic carbocycles.